The Morgan fingerprint density at radius 3 is 2.36 bits per heavy atom. The van der Waals surface area contributed by atoms with E-state index in [0.717, 1.165) is 42.5 Å². The fourth-order valence-corrected chi connectivity index (χ4v) is 3.21. The van der Waals surface area contributed by atoms with Crippen molar-refractivity contribution in [1.82, 2.24) is 25.6 Å². The molecule has 3 aromatic rings. The summed E-state index contributed by atoms with van der Waals surface area (Å²) in [6.45, 7) is 0.00374. The minimum absolute atomic E-state index is 0.0282. The van der Waals surface area contributed by atoms with Gasteiger partial charge in [0.1, 0.15) is 17.5 Å². The molecule has 0 aliphatic heterocycles. The number of hydrogen-bond acceptors (Lipinski definition) is 7. The maximum atomic E-state index is 12.7. The van der Waals surface area contributed by atoms with Gasteiger partial charge < -0.3 is 20.1 Å². The van der Waals surface area contributed by atoms with E-state index in [-0.39, 0.29) is 35.7 Å². The van der Waals surface area contributed by atoms with Gasteiger partial charge in [0, 0.05) is 12.6 Å². The van der Waals surface area contributed by atoms with Crippen LogP contribution in [0.25, 0.3) is 0 Å². The highest BCUT2D eigenvalue weighted by Gasteiger charge is 2.32. The van der Waals surface area contributed by atoms with Gasteiger partial charge in [-0.15, -0.1) is 18.3 Å². The van der Waals surface area contributed by atoms with Crippen molar-refractivity contribution < 1.29 is 45.4 Å². The van der Waals surface area contributed by atoms with Crippen molar-refractivity contribution in [3.8, 4) is 17.6 Å². The number of rotatable bonds is 9. The Hall–Kier alpha value is -4.81. The number of hydrogen-bond donors (Lipinski definition) is 2. The molecule has 10 nitrogen and oxygen atoms in total. The van der Waals surface area contributed by atoms with E-state index in [4.69, 9.17) is 4.74 Å². The Labute approximate surface area is 216 Å². The Bertz CT molecular complexity index is 1370. The normalized spacial score (nSPS) is 12.3. The minimum atomic E-state index is -4.92. The molecule has 0 radical (unpaired) electrons. The second-order valence-electron chi connectivity index (χ2n) is 7.69. The summed E-state index contributed by atoms with van der Waals surface area (Å²) >= 11 is 0. The maximum absolute atomic E-state index is 12.7. The molecule has 3 rings (SSSR count). The van der Waals surface area contributed by atoms with E-state index in [0.29, 0.717) is 0 Å². The molecule has 0 saturated carbocycles. The fraction of sp³-hybridized carbons (Fsp3) is 0.261. The van der Waals surface area contributed by atoms with E-state index in [9.17, 15) is 41.2 Å². The first-order valence-electron chi connectivity index (χ1n) is 10.8. The molecule has 2 aromatic carbocycles. The highest BCUT2D eigenvalue weighted by atomic mass is 19.4. The number of nitriles is 1. The summed E-state index contributed by atoms with van der Waals surface area (Å²) in [5.41, 5.74) is -1.04. The number of nitrogens with one attached hydrogen (secondary N) is 2. The van der Waals surface area contributed by atoms with Crippen molar-refractivity contribution >= 4 is 11.8 Å². The number of halogens is 6. The Morgan fingerprint density at radius 1 is 1.08 bits per heavy atom. The van der Waals surface area contributed by atoms with Crippen LogP contribution in [0.1, 0.15) is 38.0 Å². The second kappa shape index (κ2) is 11.7. The van der Waals surface area contributed by atoms with E-state index in [1.807, 2.05) is 0 Å². The fourth-order valence-electron chi connectivity index (χ4n) is 3.21. The molecule has 0 aliphatic rings. The van der Waals surface area contributed by atoms with Crippen molar-refractivity contribution in [2.24, 2.45) is 0 Å². The molecular formula is C23H18F6N6O4. The minimum Gasteiger partial charge on any atom is -0.496 e. The standard InChI is InChI=1S/C23H18F6N6O4/c1-38-19-10-15(39-23(27,28)29)6-7-16(19)20(36)31-8-9-35-12-18(33-34-35)21(37)32-17(11-30)13-2-4-14(5-3-13)22(24,25)26/h2-7,10,12,17H,8-9H2,1H3,(H,31,36)(H,32,37). The number of ether oxygens (including phenoxy) is 2. The molecule has 39 heavy (non-hydrogen) atoms. The zero-order chi connectivity index (χ0) is 28.8. The number of amides is 2. The predicted molar refractivity (Wildman–Crippen MR) is 119 cm³/mol. The Morgan fingerprint density at radius 2 is 1.77 bits per heavy atom. The molecule has 0 aliphatic carbocycles. The van der Waals surface area contributed by atoms with E-state index in [2.05, 4.69) is 25.7 Å². The van der Waals surface area contributed by atoms with Crippen LogP contribution >= 0.6 is 0 Å². The van der Waals surface area contributed by atoms with Crippen LogP contribution in [0.15, 0.2) is 48.7 Å². The van der Waals surface area contributed by atoms with Crippen LogP contribution in [0.2, 0.25) is 0 Å². The molecule has 1 heterocycles. The summed E-state index contributed by atoms with van der Waals surface area (Å²) in [6, 6.07) is 7.19. The lowest BCUT2D eigenvalue weighted by Gasteiger charge is -2.13. The Kier molecular flexibility index (Phi) is 8.64. The number of carbonyl (C=O) groups excluding carboxylic acids is 2. The quantitative estimate of drug-likeness (QED) is 0.385. The number of carbonyl (C=O) groups is 2. The summed E-state index contributed by atoms with van der Waals surface area (Å²) < 4.78 is 85.3. The van der Waals surface area contributed by atoms with Crippen LogP contribution in [-0.2, 0) is 12.7 Å². The highest BCUT2D eigenvalue weighted by Crippen LogP contribution is 2.30. The molecule has 0 bridgehead atoms. The monoisotopic (exact) mass is 556 g/mol. The van der Waals surface area contributed by atoms with Gasteiger partial charge in [-0.05, 0) is 29.8 Å². The SMILES string of the molecule is COc1cc(OC(F)(F)F)ccc1C(=O)NCCn1cc(C(=O)NC(C#N)c2ccc(C(F)(F)F)cc2)nn1. The van der Waals surface area contributed by atoms with Gasteiger partial charge in [-0.3, -0.25) is 9.59 Å². The number of alkyl halides is 6. The summed E-state index contributed by atoms with van der Waals surface area (Å²) in [4.78, 5) is 24.9. The number of aromatic nitrogens is 3. The van der Waals surface area contributed by atoms with Crippen LogP contribution in [0.3, 0.4) is 0 Å². The van der Waals surface area contributed by atoms with Crippen molar-refractivity contribution in [3.63, 3.8) is 0 Å². The number of nitrogens with zero attached hydrogens (tertiary/aromatic N) is 4. The first-order valence-corrected chi connectivity index (χ1v) is 10.8. The number of methoxy groups -OCH3 is 1. The molecule has 0 spiro atoms. The molecule has 1 unspecified atom stereocenters. The average molecular weight is 556 g/mol. The maximum Gasteiger partial charge on any atom is 0.573 e. The molecule has 206 valence electrons. The molecule has 0 saturated heterocycles. The van der Waals surface area contributed by atoms with Gasteiger partial charge in [-0.25, -0.2) is 4.68 Å². The van der Waals surface area contributed by atoms with Crippen LogP contribution < -0.4 is 20.1 Å². The topological polar surface area (TPSA) is 131 Å². The van der Waals surface area contributed by atoms with E-state index < -0.39 is 41.7 Å². The zero-order valence-corrected chi connectivity index (χ0v) is 19.8. The Balaban J connectivity index is 1.56. The van der Waals surface area contributed by atoms with Gasteiger partial charge in [-0.1, -0.05) is 17.3 Å². The lowest BCUT2D eigenvalue weighted by molar-refractivity contribution is -0.274. The molecule has 16 heteroatoms. The molecule has 0 fully saturated rings. The van der Waals surface area contributed by atoms with Crippen molar-refractivity contribution in [2.75, 3.05) is 13.7 Å². The smallest absolute Gasteiger partial charge is 0.496 e. The van der Waals surface area contributed by atoms with Crippen molar-refractivity contribution in [1.29, 1.82) is 5.26 Å². The summed E-state index contributed by atoms with van der Waals surface area (Å²) in [6.07, 6.45) is -8.25. The van der Waals surface area contributed by atoms with Gasteiger partial charge in [0.15, 0.2) is 5.69 Å². The third-order valence-electron chi connectivity index (χ3n) is 5.02. The average Bonchev–Trinajstić information content (AvgIpc) is 3.34. The van der Waals surface area contributed by atoms with Crippen LogP contribution in [-0.4, -0.2) is 46.8 Å². The van der Waals surface area contributed by atoms with E-state index >= 15 is 0 Å². The second-order valence-corrected chi connectivity index (χ2v) is 7.69. The first kappa shape index (κ1) is 28.8. The first-order chi connectivity index (χ1) is 18.3. The van der Waals surface area contributed by atoms with E-state index in [1.165, 1.54) is 18.0 Å². The molecular weight excluding hydrogens is 538 g/mol. The largest absolute Gasteiger partial charge is 0.573 e. The molecule has 2 amide bonds. The lowest BCUT2D eigenvalue weighted by atomic mass is 10.1. The summed E-state index contributed by atoms with van der Waals surface area (Å²) in [5.74, 6) is -2.21. The van der Waals surface area contributed by atoms with Crippen molar-refractivity contribution in [2.45, 2.75) is 25.1 Å². The predicted octanol–water partition coefficient (Wildman–Crippen LogP) is 3.63. The van der Waals surface area contributed by atoms with Crippen molar-refractivity contribution in [3.05, 3.63) is 71.0 Å². The highest BCUT2D eigenvalue weighted by molar-refractivity contribution is 5.97. The molecule has 1 atom stereocenters. The van der Waals surface area contributed by atoms with Gasteiger partial charge in [0.05, 0.1) is 37.0 Å². The lowest BCUT2D eigenvalue weighted by Crippen LogP contribution is -2.28. The summed E-state index contributed by atoms with van der Waals surface area (Å²) in [7, 11) is 1.17. The third-order valence-corrected chi connectivity index (χ3v) is 5.02. The van der Waals surface area contributed by atoms with Gasteiger partial charge in [0.25, 0.3) is 11.8 Å². The van der Waals surface area contributed by atoms with Crippen LogP contribution in [0, 0.1) is 11.3 Å². The zero-order valence-electron chi connectivity index (χ0n) is 19.8. The number of benzene rings is 2. The van der Waals surface area contributed by atoms with Gasteiger partial charge in [-0.2, -0.15) is 18.4 Å². The molecule has 1 aromatic heterocycles. The van der Waals surface area contributed by atoms with Crippen LogP contribution in [0.5, 0.6) is 11.5 Å². The van der Waals surface area contributed by atoms with Gasteiger partial charge >= 0.3 is 12.5 Å². The van der Waals surface area contributed by atoms with Gasteiger partial charge in [0.2, 0.25) is 0 Å². The van der Waals surface area contributed by atoms with E-state index in [1.54, 1.807) is 6.07 Å². The third kappa shape index (κ3) is 7.84. The van der Waals surface area contributed by atoms with Crippen LogP contribution in [0.4, 0.5) is 26.3 Å². The molecule has 2 N–H and O–H groups in total. The summed E-state index contributed by atoms with van der Waals surface area (Å²) in [5, 5.41) is 21.6.